The topological polar surface area (TPSA) is 57.8 Å². The Morgan fingerprint density at radius 1 is 1.53 bits per heavy atom. The molecule has 0 bridgehead atoms. The van der Waals surface area contributed by atoms with Gasteiger partial charge in [-0.15, -0.1) is 0 Å². The molecule has 17 heavy (non-hydrogen) atoms. The minimum atomic E-state index is -0.352. The molecule has 4 heteroatoms. The summed E-state index contributed by atoms with van der Waals surface area (Å²) in [7, 11) is 0. The van der Waals surface area contributed by atoms with Crippen molar-refractivity contribution in [2.45, 2.75) is 46.6 Å². The van der Waals surface area contributed by atoms with E-state index in [1.165, 1.54) is 12.8 Å². The van der Waals surface area contributed by atoms with Crippen LogP contribution in [0.2, 0.25) is 0 Å². The van der Waals surface area contributed by atoms with Gasteiger partial charge >= 0.3 is 0 Å². The van der Waals surface area contributed by atoms with Crippen molar-refractivity contribution in [1.29, 1.82) is 0 Å². The van der Waals surface area contributed by atoms with E-state index in [0.717, 1.165) is 11.5 Å². The Kier molecular flexibility index (Phi) is 2.98. The number of aromatic amines is 1. The van der Waals surface area contributed by atoms with E-state index in [9.17, 15) is 4.79 Å². The van der Waals surface area contributed by atoms with E-state index in [4.69, 9.17) is 0 Å². The SMILES string of the molecule is Cc1cnc(C(NC(=O)C(C)(C)C)C2CC2)[nH]1. The summed E-state index contributed by atoms with van der Waals surface area (Å²) in [5.74, 6) is 1.53. The zero-order valence-corrected chi connectivity index (χ0v) is 11.0. The molecule has 0 spiro atoms. The number of carbonyl (C=O) groups excluding carboxylic acids is 1. The van der Waals surface area contributed by atoms with Crippen LogP contribution in [0.15, 0.2) is 6.20 Å². The summed E-state index contributed by atoms with van der Waals surface area (Å²) in [5.41, 5.74) is 0.685. The lowest BCUT2D eigenvalue weighted by atomic mass is 9.95. The van der Waals surface area contributed by atoms with Crippen LogP contribution in [0, 0.1) is 18.3 Å². The van der Waals surface area contributed by atoms with Gasteiger partial charge in [-0.25, -0.2) is 4.98 Å². The smallest absolute Gasteiger partial charge is 0.225 e. The van der Waals surface area contributed by atoms with Gasteiger partial charge < -0.3 is 10.3 Å². The third-order valence-electron chi connectivity index (χ3n) is 3.08. The highest BCUT2D eigenvalue weighted by molar-refractivity contribution is 5.81. The summed E-state index contributed by atoms with van der Waals surface area (Å²) >= 11 is 0. The predicted molar refractivity (Wildman–Crippen MR) is 66.4 cm³/mol. The van der Waals surface area contributed by atoms with Crippen molar-refractivity contribution < 1.29 is 4.79 Å². The Hall–Kier alpha value is -1.32. The number of aromatic nitrogens is 2. The molecule has 0 saturated heterocycles. The number of amides is 1. The fraction of sp³-hybridized carbons (Fsp3) is 0.692. The molecule has 1 amide bonds. The molecule has 1 aliphatic carbocycles. The molecule has 0 aromatic carbocycles. The fourth-order valence-electron chi connectivity index (χ4n) is 1.79. The second-order valence-corrected chi connectivity index (χ2v) is 5.99. The van der Waals surface area contributed by atoms with E-state index in [0.29, 0.717) is 5.92 Å². The maximum Gasteiger partial charge on any atom is 0.225 e. The fourth-order valence-corrected chi connectivity index (χ4v) is 1.79. The lowest BCUT2D eigenvalue weighted by Gasteiger charge is -2.23. The molecular weight excluding hydrogens is 214 g/mol. The van der Waals surface area contributed by atoms with Gasteiger partial charge in [-0.2, -0.15) is 0 Å². The summed E-state index contributed by atoms with van der Waals surface area (Å²) in [6.07, 6.45) is 4.16. The molecule has 1 aromatic heterocycles. The Balaban J connectivity index is 2.11. The zero-order chi connectivity index (χ0) is 12.6. The first-order chi connectivity index (χ1) is 7.88. The molecule has 1 aliphatic rings. The van der Waals surface area contributed by atoms with Gasteiger partial charge in [0.05, 0.1) is 6.04 Å². The first-order valence-corrected chi connectivity index (χ1v) is 6.20. The van der Waals surface area contributed by atoms with Gasteiger partial charge in [0.2, 0.25) is 5.91 Å². The van der Waals surface area contributed by atoms with Crippen molar-refractivity contribution in [2.24, 2.45) is 11.3 Å². The number of nitrogens with one attached hydrogen (secondary N) is 2. The minimum Gasteiger partial charge on any atom is -0.345 e. The van der Waals surface area contributed by atoms with Gasteiger partial charge in [-0.3, -0.25) is 4.79 Å². The van der Waals surface area contributed by atoms with Crippen molar-refractivity contribution in [1.82, 2.24) is 15.3 Å². The number of imidazole rings is 1. The molecule has 2 N–H and O–H groups in total. The van der Waals surface area contributed by atoms with Crippen LogP contribution in [0.4, 0.5) is 0 Å². The molecule has 1 heterocycles. The highest BCUT2D eigenvalue weighted by Gasteiger charge is 2.36. The van der Waals surface area contributed by atoms with E-state index < -0.39 is 0 Å². The minimum absolute atomic E-state index is 0.0513. The van der Waals surface area contributed by atoms with Gasteiger partial charge in [-0.05, 0) is 25.7 Å². The summed E-state index contributed by atoms with van der Waals surface area (Å²) in [4.78, 5) is 19.6. The molecule has 0 radical (unpaired) electrons. The summed E-state index contributed by atoms with van der Waals surface area (Å²) in [6, 6.07) is 0.0513. The van der Waals surface area contributed by atoms with Crippen LogP contribution in [0.5, 0.6) is 0 Å². The predicted octanol–water partition coefficient (Wildman–Crippen LogP) is 2.33. The van der Waals surface area contributed by atoms with Crippen molar-refractivity contribution in [2.75, 3.05) is 0 Å². The highest BCUT2D eigenvalue weighted by atomic mass is 16.2. The first-order valence-electron chi connectivity index (χ1n) is 6.20. The Morgan fingerprint density at radius 2 is 2.18 bits per heavy atom. The van der Waals surface area contributed by atoms with E-state index in [1.54, 1.807) is 0 Å². The molecule has 4 nitrogen and oxygen atoms in total. The molecule has 1 aromatic rings. The van der Waals surface area contributed by atoms with Crippen molar-refractivity contribution >= 4 is 5.91 Å². The number of rotatable bonds is 3. The maximum atomic E-state index is 12.0. The van der Waals surface area contributed by atoms with Crippen molar-refractivity contribution in [3.05, 3.63) is 17.7 Å². The summed E-state index contributed by atoms with van der Waals surface area (Å²) in [6.45, 7) is 7.77. The van der Waals surface area contributed by atoms with Crippen molar-refractivity contribution in [3.63, 3.8) is 0 Å². The zero-order valence-electron chi connectivity index (χ0n) is 11.0. The quantitative estimate of drug-likeness (QED) is 0.844. The van der Waals surface area contributed by atoms with Gasteiger partial charge in [0.25, 0.3) is 0 Å². The summed E-state index contributed by atoms with van der Waals surface area (Å²) in [5, 5.41) is 3.12. The number of H-pyrrole nitrogens is 1. The molecule has 2 rings (SSSR count). The van der Waals surface area contributed by atoms with Gasteiger partial charge in [-0.1, -0.05) is 20.8 Å². The normalized spacial score (nSPS) is 17.9. The van der Waals surface area contributed by atoms with Crippen LogP contribution in [0.1, 0.15) is 51.2 Å². The molecule has 1 saturated carbocycles. The lowest BCUT2D eigenvalue weighted by molar-refractivity contribution is -0.129. The van der Waals surface area contributed by atoms with Crippen molar-refractivity contribution in [3.8, 4) is 0 Å². The van der Waals surface area contributed by atoms with E-state index >= 15 is 0 Å². The van der Waals surface area contributed by atoms with E-state index in [-0.39, 0.29) is 17.4 Å². The van der Waals surface area contributed by atoms with Crippen LogP contribution >= 0.6 is 0 Å². The van der Waals surface area contributed by atoms with E-state index in [2.05, 4.69) is 15.3 Å². The molecular formula is C13H21N3O. The number of nitrogens with zero attached hydrogens (tertiary/aromatic N) is 1. The standard InChI is InChI=1S/C13H21N3O/c1-8-7-14-11(15-8)10(9-5-6-9)16-12(17)13(2,3)4/h7,9-10H,5-6H2,1-4H3,(H,14,15)(H,16,17). The second kappa shape index (κ2) is 4.17. The van der Waals surface area contributed by atoms with Crippen LogP contribution in [0.25, 0.3) is 0 Å². The van der Waals surface area contributed by atoms with Gasteiger partial charge in [0.1, 0.15) is 5.82 Å². The van der Waals surface area contributed by atoms with Crippen LogP contribution < -0.4 is 5.32 Å². The van der Waals surface area contributed by atoms with Crippen LogP contribution in [-0.4, -0.2) is 15.9 Å². The third kappa shape index (κ3) is 2.87. The lowest BCUT2D eigenvalue weighted by Crippen LogP contribution is -2.38. The number of aryl methyl sites for hydroxylation is 1. The molecule has 94 valence electrons. The number of hydrogen-bond donors (Lipinski definition) is 2. The molecule has 1 fully saturated rings. The Labute approximate surface area is 102 Å². The molecule has 1 unspecified atom stereocenters. The third-order valence-corrected chi connectivity index (χ3v) is 3.08. The van der Waals surface area contributed by atoms with Crippen LogP contribution in [0.3, 0.4) is 0 Å². The second-order valence-electron chi connectivity index (χ2n) is 5.99. The Bertz CT molecular complexity index is 413. The Morgan fingerprint density at radius 3 is 2.59 bits per heavy atom. The molecule has 1 atom stereocenters. The van der Waals surface area contributed by atoms with Crippen LogP contribution in [-0.2, 0) is 4.79 Å². The van der Waals surface area contributed by atoms with Gasteiger partial charge in [0.15, 0.2) is 0 Å². The maximum absolute atomic E-state index is 12.0. The number of hydrogen-bond acceptors (Lipinski definition) is 2. The molecule has 0 aliphatic heterocycles. The monoisotopic (exact) mass is 235 g/mol. The number of carbonyl (C=O) groups is 1. The average Bonchev–Trinajstić information content (AvgIpc) is 2.96. The summed E-state index contributed by atoms with van der Waals surface area (Å²) < 4.78 is 0. The van der Waals surface area contributed by atoms with E-state index in [1.807, 2.05) is 33.9 Å². The first kappa shape index (κ1) is 12.1. The van der Waals surface area contributed by atoms with Gasteiger partial charge in [0, 0.05) is 17.3 Å². The largest absolute Gasteiger partial charge is 0.345 e. The highest BCUT2D eigenvalue weighted by Crippen LogP contribution is 2.40. The average molecular weight is 235 g/mol.